The monoisotopic (exact) mass is 289 g/mol. The molecule has 0 aliphatic rings. The Morgan fingerprint density at radius 1 is 0.714 bits per heavy atom. The molecule has 0 radical (unpaired) electrons. The summed E-state index contributed by atoms with van der Waals surface area (Å²) < 4.78 is 21.3. The molecule has 21 heavy (non-hydrogen) atoms. The van der Waals surface area contributed by atoms with Crippen molar-refractivity contribution in [3.05, 3.63) is 36.4 Å². The van der Waals surface area contributed by atoms with Gasteiger partial charge in [0.15, 0.2) is 11.5 Å². The molecule has 0 bridgehead atoms. The van der Waals surface area contributed by atoms with Crippen molar-refractivity contribution < 1.29 is 18.9 Å². The van der Waals surface area contributed by atoms with Crippen LogP contribution in [-0.4, -0.2) is 28.4 Å². The molecule has 2 aromatic rings. The normalized spacial score (nSPS) is 9.90. The molecule has 0 atom stereocenters. The number of hydrogen-bond donors (Lipinski definition) is 1. The number of anilines is 2. The van der Waals surface area contributed by atoms with Crippen LogP contribution in [0.2, 0.25) is 0 Å². The summed E-state index contributed by atoms with van der Waals surface area (Å²) in [5.74, 6) is 2.50. The largest absolute Gasteiger partial charge is 0.495 e. The summed E-state index contributed by atoms with van der Waals surface area (Å²) in [4.78, 5) is 0. The number of nitrogens with one attached hydrogen (secondary N) is 1. The molecule has 0 unspecified atom stereocenters. The van der Waals surface area contributed by atoms with Gasteiger partial charge in [0.05, 0.1) is 34.1 Å². The van der Waals surface area contributed by atoms with E-state index in [0.29, 0.717) is 17.2 Å². The van der Waals surface area contributed by atoms with Crippen LogP contribution in [0.15, 0.2) is 36.4 Å². The fourth-order valence-corrected chi connectivity index (χ4v) is 2.06. The van der Waals surface area contributed by atoms with Crippen molar-refractivity contribution in [1.29, 1.82) is 0 Å². The van der Waals surface area contributed by atoms with Gasteiger partial charge >= 0.3 is 0 Å². The van der Waals surface area contributed by atoms with Gasteiger partial charge in [-0.1, -0.05) is 12.1 Å². The predicted octanol–water partition coefficient (Wildman–Crippen LogP) is 3.46. The van der Waals surface area contributed by atoms with Gasteiger partial charge in [-0.25, -0.2) is 0 Å². The first kappa shape index (κ1) is 14.8. The zero-order valence-electron chi connectivity index (χ0n) is 12.6. The molecule has 0 saturated carbocycles. The fourth-order valence-electron chi connectivity index (χ4n) is 2.06. The molecule has 112 valence electrons. The Morgan fingerprint density at radius 2 is 1.29 bits per heavy atom. The lowest BCUT2D eigenvalue weighted by Gasteiger charge is -2.16. The molecule has 2 aromatic carbocycles. The van der Waals surface area contributed by atoms with Crippen molar-refractivity contribution in [2.24, 2.45) is 0 Å². The van der Waals surface area contributed by atoms with Crippen LogP contribution in [0.25, 0.3) is 0 Å². The Labute approximate surface area is 124 Å². The van der Waals surface area contributed by atoms with Gasteiger partial charge in [-0.15, -0.1) is 0 Å². The van der Waals surface area contributed by atoms with E-state index in [-0.39, 0.29) is 0 Å². The van der Waals surface area contributed by atoms with E-state index in [1.54, 1.807) is 28.4 Å². The quantitative estimate of drug-likeness (QED) is 0.882. The van der Waals surface area contributed by atoms with Crippen LogP contribution in [0, 0.1) is 0 Å². The average molecular weight is 289 g/mol. The second-order valence-electron chi connectivity index (χ2n) is 4.24. The van der Waals surface area contributed by atoms with Gasteiger partial charge in [0.1, 0.15) is 5.75 Å². The van der Waals surface area contributed by atoms with Gasteiger partial charge in [0.2, 0.25) is 5.75 Å². The molecule has 1 N–H and O–H groups in total. The van der Waals surface area contributed by atoms with E-state index in [4.69, 9.17) is 18.9 Å². The minimum Gasteiger partial charge on any atom is -0.495 e. The van der Waals surface area contributed by atoms with E-state index >= 15 is 0 Å². The molecule has 0 fully saturated rings. The molecule has 5 nitrogen and oxygen atoms in total. The third-order valence-corrected chi connectivity index (χ3v) is 3.05. The highest BCUT2D eigenvalue weighted by atomic mass is 16.5. The number of ether oxygens (including phenoxy) is 4. The molecule has 0 aliphatic heterocycles. The van der Waals surface area contributed by atoms with E-state index in [9.17, 15) is 0 Å². The Balaban J connectivity index is 2.40. The number of benzene rings is 2. The lowest BCUT2D eigenvalue weighted by Crippen LogP contribution is -1.98. The van der Waals surface area contributed by atoms with Crippen LogP contribution in [0.3, 0.4) is 0 Å². The van der Waals surface area contributed by atoms with Gasteiger partial charge in [-0.2, -0.15) is 0 Å². The van der Waals surface area contributed by atoms with Gasteiger partial charge < -0.3 is 24.3 Å². The lowest BCUT2D eigenvalue weighted by molar-refractivity contribution is 0.324. The first-order valence-corrected chi connectivity index (χ1v) is 6.43. The Bertz CT molecular complexity index is 588. The molecule has 0 aromatic heterocycles. The standard InChI is InChI=1S/C16H19NO4/c1-18-13-8-6-5-7-12(13)17-11-9-14(19-2)16(21-4)15(10-11)20-3/h5-10,17H,1-4H3. The zero-order valence-corrected chi connectivity index (χ0v) is 12.6. The summed E-state index contributed by atoms with van der Waals surface area (Å²) in [5, 5.41) is 3.28. The summed E-state index contributed by atoms with van der Waals surface area (Å²) in [7, 11) is 6.39. The first-order chi connectivity index (χ1) is 10.2. The molecular formula is C16H19NO4. The van der Waals surface area contributed by atoms with Gasteiger partial charge in [-0.3, -0.25) is 0 Å². The molecule has 0 spiro atoms. The van der Waals surface area contributed by atoms with Gasteiger partial charge in [0, 0.05) is 17.8 Å². The third-order valence-electron chi connectivity index (χ3n) is 3.05. The fraction of sp³-hybridized carbons (Fsp3) is 0.250. The first-order valence-electron chi connectivity index (χ1n) is 6.43. The van der Waals surface area contributed by atoms with Crippen molar-refractivity contribution in [3.63, 3.8) is 0 Å². The van der Waals surface area contributed by atoms with Crippen LogP contribution in [-0.2, 0) is 0 Å². The molecule has 0 heterocycles. The number of rotatable bonds is 6. The summed E-state index contributed by atoms with van der Waals surface area (Å²) >= 11 is 0. The highest BCUT2D eigenvalue weighted by Crippen LogP contribution is 2.41. The van der Waals surface area contributed by atoms with E-state index in [2.05, 4.69) is 5.32 Å². The van der Waals surface area contributed by atoms with E-state index in [1.807, 2.05) is 36.4 Å². The maximum absolute atomic E-state index is 5.34. The average Bonchev–Trinajstić information content (AvgIpc) is 2.54. The van der Waals surface area contributed by atoms with Crippen molar-refractivity contribution >= 4 is 11.4 Å². The van der Waals surface area contributed by atoms with Crippen LogP contribution in [0.4, 0.5) is 11.4 Å². The minimum absolute atomic E-state index is 0.561. The lowest BCUT2D eigenvalue weighted by atomic mass is 10.2. The predicted molar refractivity (Wildman–Crippen MR) is 82.4 cm³/mol. The topological polar surface area (TPSA) is 49.0 Å². The highest BCUT2D eigenvalue weighted by Gasteiger charge is 2.13. The Morgan fingerprint density at radius 3 is 1.81 bits per heavy atom. The van der Waals surface area contributed by atoms with Crippen LogP contribution in [0.5, 0.6) is 23.0 Å². The summed E-state index contributed by atoms with van der Waals surface area (Å²) in [5.41, 5.74) is 1.67. The smallest absolute Gasteiger partial charge is 0.203 e. The van der Waals surface area contributed by atoms with E-state index in [0.717, 1.165) is 17.1 Å². The maximum Gasteiger partial charge on any atom is 0.203 e. The molecule has 5 heteroatoms. The third kappa shape index (κ3) is 3.13. The molecular weight excluding hydrogens is 270 g/mol. The molecule has 2 rings (SSSR count). The minimum atomic E-state index is 0.561. The zero-order chi connectivity index (χ0) is 15.2. The molecule has 0 saturated heterocycles. The second kappa shape index (κ2) is 6.74. The van der Waals surface area contributed by atoms with Gasteiger partial charge in [0.25, 0.3) is 0 Å². The van der Waals surface area contributed by atoms with E-state index < -0.39 is 0 Å². The Hall–Kier alpha value is -2.56. The van der Waals surface area contributed by atoms with Gasteiger partial charge in [-0.05, 0) is 12.1 Å². The maximum atomic E-state index is 5.34. The number of hydrogen-bond acceptors (Lipinski definition) is 5. The van der Waals surface area contributed by atoms with E-state index in [1.165, 1.54) is 0 Å². The SMILES string of the molecule is COc1ccccc1Nc1cc(OC)c(OC)c(OC)c1. The summed E-state index contributed by atoms with van der Waals surface area (Å²) in [6.07, 6.45) is 0. The summed E-state index contributed by atoms with van der Waals surface area (Å²) in [6, 6.07) is 11.4. The van der Waals surface area contributed by atoms with Crippen molar-refractivity contribution in [3.8, 4) is 23.0 Å². The number of para-hydroxylation sites is 2. The number of methoxy groups -OCH3 is 4. The van der Waals surface area contributed by atoms with Crippen LogP contribution >= 0.6 is 0 Å². The highest BCUT2D eigenvalue weighted by molar-refractivity contribution is 5.71. The molecule has 0 aliphatic carbocycles. The van der Waals surface area contributed by atoms with Crippen molar-refractivity contribution in [2.45, 2.75) is 0 Å². The van der Waals surface area contributed by atoms with Crippen molar-refractivity contribution in [2.75, 3.05) is 33.8 Å². The molecule has 0 amide bonds. The van der Waals surface area contributed by atoms with Crippen LogP contribution < -0.4 is 24.3 Å². The second-order valence-corrected chi connectivity index (χ2v) is 4.24. The Kier molecular flexibility index (Phi) is 4.77. The van der Waals surface area contributed by atoms with Crippen LogP contribution in [0.1, 0.15) is 0 Å². The van der Waals surface area contributed by atoms with Crippen molar-refractivity contribution in [1.82, 2.24) is 0 Å². The summed E-state index contributed by atoms with van der Waals surface area (Å²) in [6.45, 7) is 0.